The van der Waals surface area contributed by atoms with Gasteiger partial charge in [0.1, 0.15) is 0 Å². The Morgan fingerprint density at radius 1 is 1.24 bits per heavy atom. The summed E-state index contributed by atoms with van der Waals surface area (Å²) >= 11 is 0. The minimum atomic E-state index is 0.320. The first-order valence-electron chi connectivity index (χ1n) is 9.09. The molecule has 0 amide bonds. The van der Waals surface area contributed by atoms with Crippen molar-refractivity contribution in [3.8, 4) is 0 Å². The van der Waals surface area contributed by atoms with E-state index in [9.17, 15) is 0 Å². The molecule has 136 valence electrons. The van der Waals surface area contributed by atoms with Crippen molar-refractivity contribution in [2.75, 3.05) is 19.7 Å². The van der Waals surface area contributed by atoms with Crippen molar-refractivity contribution in [1.82, 2.24) is 10.2 Å². The van der Waals surface area contributed by atoms with Crippen molar-refractivity contribution in [3.63, 3.8) is 0 Å². The minimum Gasteiger partial charge on any atom is -0.480 e. The van der Waals surface area contributed by atoms with Crippen LogP contribution in [0.5, 0.6) is 0 Å². The van der Waals surface area contributed by atoms with E-state index >= 15 is 0 Å². The van der Waals surface area contributed by atoms with Crippen LogP contribution in [0.1, 0.15) is 44.7 Å². The summed E-state index contributed by atoms with van der Waals surface area (Å²) in [5, 5.41) is 3.67. The maximum absolute atomic E-state index is 5.47. The standard InChI is InChI=1S/C22H32N2O/c1-8-25-19(7)24-13-21(14-24)23-18(6)22(15(2)3)17(5)20-11-9-16(4)10-12-20/h9-12,17,21,23H,2,7-8,13-14H2,1,3-6H3/b22-18+. The van der Waals surface area contributed by atoms with Crippen molar-refractivity contribution in [1.29, 1.82) is 0 Å². The molecule has 25 heavy (non-hydrogen) atoms. The van der Waals surface area contributed by atoms with Gasteiger partial charge in [-0.15, -0.1) is 0 Å². The molecule has 1 aliphatic rings. The van der Waals surface area contributed by atoms with Gasteiger partial charge in [-0.05, 0) is 45.4 Å². The molecule has 0 aromatic heterocycles. The molecule has 0 radical (unpaired) electrons. The van der Waals surface area contributed by atoms with Gasteiger partial charge in [-0.3, -0.25) is 0 Å². The normalized spacial score (nSPS) is 16.6. The molecule has 0 spiro atoms. The molecule has 0 aliphatic carbocycles. The summed E-state index contributed by atoms with van der Waals surface area (Å²) in [7, 11) is 0. The highest BCUT2D eigenvalue weighted by molar-refractivity contribution is 5.41. The van der Waals surface area contributed by atoms with Crippen molar-refractivity contribution in [3.05, 3.63) is 71.3 Å². The minimum absolute atomic E-state index is 0.320. The second-order valence-electron chi connectivity index (χ2n) is 7.02. The molecule has 1 unspecified atom stereocenters. The molecular weight excluding hydrogens is 308 g/mol. The number of benzene rings is 1. The number of aryl methyl sites for hydroxylation is 1. The zero-order chi connectivity index (χ0) is 18.6. The number of nitrogens with zero attached hydrogens (tertiary/aromatic N) is 1. The van der Waals surface area contributed by atoms with Gasteiger partial charge in [0.15, 0.2) is 5.88 Å². The predicted molar refractivity (Wildman–Crippen MR) is 106 cm³/mol. The van der Waals surface area contributed by atoms with Crippen LogP contribution >= 0.6 is 0 Å². The third-order valence-corrected chi connectivity index (χ3v) is 4.84. The van der Waals surface area contributed by atoms with E-state index in [1.54, 1.807) is 0 Å². The van der Waals surface area contributed by atoms with Crippen LogP contribution in [0.3, 0.4) is 0 Å². The third-order valence-electron chi connectivity index (χ3n) is 4.84. The van der Waals surface area contributed by atoms with Crippen molar-refractivity contribution in [2.24, 2.45) is 0 Å². The van der Waals surface area contributed by atoms with Crippen LogP contribution < -0.4 is 5.32 Å². The fraction of sp³-hybridized carbons (Fsp3) is 0.455. The Hall–Kier alpha value is -2.16. The monoisotopic (exact) mass is 340 g/mol. The molecule has 1 fully saturated rings. The first-order valence-corrected chi connectivity index (χ1v) is 9.09. The van der Waals surface area contributed by atoms with Gasteiger partial charge in [0, 0.05) is 24.7 Å². The molecule has 0 saturated carbocycles. The number of allylic oxidation sites excluding steroid dienone is 3. The largest absolute Gasteiger partial charge is 0.480 e. The SMILES string of the molecule is C=C(C)/C(=C(/C)NC1CN(C(=C)OCC)C1)C(C)c1ccc(C)cc1. The van der Waals surface area contributed by atoms with E-state index in [-0.39, 0.29) is 0 Å². The van der Waals surface area contributed by atoms with Gasteiger partial charge >= 0.3 is 0 Å². The zero-order valence-electron chi connectivity index (χ0n) is 16.4. The van der Waals surface area contributed by atoms with Crippen LogP contribution in [0.4, 0.5) is 0 Å². The molecule has 2 rings (SSSR count). The van der Waals surface area contributed by atoms with Gasteiger partial charge in [-0.2, -0.15) is 0 Å². The Kier molecular flexibility index (Phi) is 6.35. The molecule has 3 nitrogen and oxygen atoms in total. The summed E-state index contributed by atoms with van der Waals surface area (Å²) in [6, 6.07) is 9.21. The van der Waals surface area contributed by atoms with E-state index in [0.29, 0.717) is 18.6 Å². The summed E-state index contributed by atoms with van der Waals surface area (Å²) in [6.07, 6.45) is 0. The zero-order valence-corrected chi connectivity index (χ0v) is 16.4. The van der Waals surface area contributed by atoms with Gasteiger partial charge < -0.3 is 15.0 Å². The number of likely N-dealkylation sites (tertiary alicyclic amines) is 1. The maximum atomic E-state index is 5.47. The van der Waals surface area contributed by atoms with Crippen molar-refractivity contribution >= 4 is 0 Å². The number of rotatable bonds is 8. The molecule has 1 aromatic rings. The average molecular weight is 341 g/mol. The average Bonchev–Trinajstić information content (AvgIpc) is 2.51. The van der Waals surface area contributed by atoms with E-state index in [1.807, 2.05) is 6.92 Å². The third kappa shape index (κ3) is 4.68. The Bertz CT molecular complexity index is 651. The Balaban J connectivity index is 2.06. The Morgan fingerprint density at radius 3 is 2.36 bits per heavy atom. The molecular formula is C22H32N2O. The van der Waals surface area contributed by atoms with Gasteiger partial charge in [0.05, 0.1) is 12.6 Å². The summed E-state index contributed by atoms with van der Waals surface area (Å²) < 4.78 is 5.47. The number of hydrogen-bond acceptors (Lipinski definition) is 3. The fourth-order valence-corrected chi connectivity index (χ4v) is 3.45. The predicted octanol–water partition coefficient (Wildman–Crippen LogP) is 4.73. The van der Waals surface area contributed by atoms with Gasteiger partial charge in [0.25, 0.3) is 0 Å². The summed E-state index contributed by atoms with van der Waals surface area (Å²) in [5.41, 5.74) is 6.24. The van der Waals surface area contributed by atoms with E-state index in [1.165, 1.54) is 22.4 Å². The first-order chi connectivity index (χ1) is 11.8. The highest BCUT2D eigenvalue weighted by Crippen LogP contribution is 2.31. The molecule has 1 N–H and O–H groups in total. The first kappa shape index (κ1) is 19.2. The van der Waals surface area contributed by atoms with Crippen LogP contribution in [0.2, 0.25) is 0 Å². The van der Waals surface area contributed by atoms with Gasteiger partial charge in [-0.25, -0.2) is 0 Å². The Labute approximate surface area is 153 Å². The van der Waals surface area contributed by atoms with Gasteiger partial charge in [-0.1, -0.05) is 48.9 Å². The second kappa shape index (κ2) is 8.28. The molecule has 1 heterocycles. The second-order valence-corrected chi connectivity index (χ2v) is 7.02. The maximum Gasteiger partial charge on any atom is 0.181 e. The fourth-order valence-electron chi connectivity index (χ4n) is 3.45. The highest BCUT2D eigenvalue weighted by Gasteiger charge is 2.29. The number of nitrogens with one attached hydrogen (secondary N) is 1. The van der Waals surface area contributed by atoms with Crippen LogP contribution in [0.15, 0.2) is 60.1 Å². The van der Waals surface area contributed by atoms with E-state index in [4.69, 9.17) is 4.74 Å². The quantitative estimate of drug-likeness (QED) is 0.547. The molecule has 1 aromatic carbocycles. The van der Waals surface area contributed by atoms with Crippen LogP contribution in [-0.4, -0.2) is 30.6 Å². The lowest BCUT2D eigenvalue weighted by atomic mass is 9.87. The highest BCUT2D eigenvalue weighted by atomic mass is 16.5. The van der Waals surface area contributed by atoms with E-state index in [2.05, 4.69) is 75.3 Å². The molecule has 3 heteroatoms. The lowest BCUT2D eigenvalue weighted by Gasteiger charge is -2.42. The van der Waals surface area contributed by atoms with E-state index < -0.39 is 0 Å². The topological polar surface area (TPSA) is 24.5 Å². The summed E-state index contributed by atoms with van der Waals surface area (Å²) in [4.78, 5) is 2.16. The summed E-state index contributed by atoms with van der Waals surface area (Å²) in [5.74, 6) is 1.09. The molecule has 0 bridgehead atoms. The van der Waals surface area contributed by atoms with E-state index in [0.717, 1.165) is 24.5 Å². The number of ether oxygens (including phenoxy) is 1. The van der Waals surface area contributed by atoms with Crippen LogP contribution in [0, 0.1) is 6.92 Å². The smallest absolute Gasteiger partial charge is 0.181 e. The Morgan fingerprint density at radius 2 is 1.84 bits per heavy atom. The van der Waals surface area contributed by atoms with Crippen LogP contribution in [-0.2, 0) is 4.74 Å². The van der Waals surface area contributed by atoms with Crippen molar-refractivity contribution in [2.45, 2.75) is 46.6 Å². The number of hydrogen-bond donors (Lipinski definition) is 1. The molecule has 1 atom stereocenters. The lowest BCUT2D eigenvalue weighted by Crippen LogP contribution is -2.57. The molecule has 1 saturated heterocycles. The lowest BCUT2D eigenvalue weighted by molar-refractivity contribution is 0.0631. The van der Waals surface area contributed by atoms with Crippen molar-refractivity contribution < 1.29 is 4.74 Å². The van der Waals surface area contributed by atoms with Gasteiger partial charge in [0.2, 0.25) is 0 Å². The summed E-state index contributed by atoms with van der Waals surface area (Å²) in [6.45, 7) is 21.3. The van der Waals surface area contributed by atoms with Crippen LogP contribution in [0.25, 0.3) is 0 Å². The molecule has 1 aliphatic heterocycles.